The largest absolute Gasteiger partial charge is 0.489 e. The van der Waals surface area contributed by atoms with Crippen molar-refractivity contribution in [2.45, 2.75) is 12.5 Å². The van der Waals surface area contributed by atoms with E-state index in [0.717, 1.165) is 18.7 Å². The quantitative estimate of drug-likeness (QED) is 0.730. The molecule has 2 rings (SSSR count). The van der Waals surface area contributed by atoms with E-state index >= 15 is 0 Å². The van der Waals surface area contributed by atoms with Crippen molar-refractivity contribution in [3.05, 3.63) is 52.4 Å². The lowest BCUT2D eigenvalue weighted by atomic mass is 10.3. The number of aliphatic hydroxyl groups is 1. The summed E-state index contributed by atoms with van der Waals surface area (Å²) in [5.41, 5.74) is 0. The first kappa shape index (κ1) is 16.2. The molecule has 0 radical (unpaired) electrons. The second-order valence-electron chi connectivity index (χ2n) is 4.57. The Morgan fingerprint density at radius 3 is 2.86 bits per heavy atom. The van der Waals surface area contributed by atoms with E-state index in [1.54, 1.807) is 24.5 Å². The second kappa shape index (κ2) is 8.29. The van der Waals surface area contributed by atoms with Crippen LogP contribution in [-0.2, 0) is 6.42 Å². The smallest absolute Gasteiger partial charge is 0.138 e. The fraction of sp³-hybridized carbons (Fsp3) is 0.333. The number of aliphatic hydroxyl groups excluding tert-OH is 1. The van der Waals surface area contributed by atoms with E-state index in [1.165, 1.54) is 0 Å². The van der Waals surface area contributed by atoms with E-state index in [9.17, 15) is 5.11 Å². The van der Waals surface area contributed by atoms with E-state index in [1.807, 2.05) is 12.1 Å². The molecule has 0 saturated heterocycles. The van der Waals surface area contributed by atoms with Crippen LogP contribution in [0.25, 0.3) is 0 Å². The van der Waals surface area contributed by atoms with Gasteiger partial charge in [0.15, 0.2) is 0 Å². The van der Waals surface area contributed by atoms with Crippen LogP contribution in [0.15, 0.2) is 41.0 Å². The fourth-order valence-corrected chi connectivity index (χ4v) is 2.24. The molecule has 1 aromatic carbocycles. The molecule has 0 saturated carbocycles. The van der Waals surface area contributed by atoms with Gasteiger partial charge in [0.25, 0.3) is 0 Å². The molecule has 21 heavy (non-hydrogen) atoms. The predicted octanol–water partition coefficient (Wildman–Crippen LogP) is 3.16. The molecule has 0 bridgehead atoms. The van der Waals surface area contributed by atoms with Crippen molar-refractivity contribution >= 4 is 23.2 Å². The Bertz CT molecular complexity index is 546. The lowest BCUT2D eigenvalue weighted by Crippen LogP contribution is -2.32. The number of furan rings is 1. The summed E-state index contributed by atoms with van der Waals surface area (Å²) in [4.78, 5) is 0. The zero-order valence-electron chi connectivity index (χ0n) is 11.4. The number of halogens is 2. The molecule has 0 aliphatic carbocycles. The number of rotatable bonds is 8. The van der Waals surface area contributed by atoms with Gasteiger partial charge in [-0.3, -0.25) is 0 Å². The molecule has 1 aromatic heterocycles. The normalized spacial score (nSPS) is 12.3. The summed E-state index contributed by atoms with van der Waals surface area (Å²) >= 11 is 11.8. The highest BCUT2D eigenvalue weighted by atomic mass is 35.5. The average molecular weight is 330 g/mol. The summed E-state index contributed by atoms with van der Waals surface area (Å²) < 4.78 is 10.7. The van der Waals surface area contributed by atoms with Gasteiger partial charge in [-0.15, -0.1) is 0 Å². The first-order valence-corrected chi connectivity index (χ1v) is 7.40. The first-order valence-electron chi connectivity index (χ1n) is 6.64. The number of benzene rings is 1. The van der Waals surface area contributed by atoms with E-state index in [-0.39, 0.29) is 6.61 Å². The zero-order chi connectivity index (χ0) is 15.1. The molecule has 1 atom stereocenters. The average Bonchev–Trinajstić information content (AvgIpc) is 2.96. The van der Waals surface area contributed by atoms with Crippen LogP contribution in [0.5, 0.6) is 5.75 Å². The molecule has 0 aliphatic rings. The molecule has 0 spiro atoms. The molecule has 0 fully saturated rings. The van der Waals surface area contributed by atoms with Gasteiger partial charge in [0.2, 0.25) is 0 Å². The number of hydrogen-bond acceptors (Lipinski definition) is 4. The number of hydrogen-bond donors (Lipinski definition) is 2. The Balaban J connectivity index is 1.64. The minimum atomic E-state index is -0.617. The van der Waals surface area contributed by atoms with Gasteiger partial charge < -0.3 is 19.6 Å². The summed E-state index contributed by atoms with van der Waals surface area (Å²) in [6.07, 6.45) is 1.81. The van der Waals surface area contributed by atoms with Crippen molar-refractivity contribution in [2.24, 2.45) is 0 Å². The topological polar surface area (TPSA) is 54.6 Å². The van der Waals surface area contributed by atoms with Gasteiger partial charge in [-0.25, -0.2) is 0 Å². The maximum atomic E-state index is 9.83. The van der Waals surface area contributed by atoms with Crippen LogP contribution in [0.4, 0.5) is 0 Å². The molecule has 2 N–H and O–H groups in total. The Morgan fingerprint density at radius 1 is 1.29 bits per heavy atom. The summed E-state index contributed by atoms with van der Waals surface area (Å²) in [5.74, 6) is 1.43. The summed E-state index contributed by atoms with van der Waals surface area (Å²) in [7, 11) is 0. The van der Waals surface area contributed by atoms with E-state index in [2.05, 4.69) is 5.32 Å². The van der Waals surface area contributed by atoms with Gasteiger partial charge in [-0.2, -0.15) is 0 Å². The maximum Gasteiger partial charge on any atom is 0.138 e. The lowest BCUT2D eigenvalue weighted by molar-refractivity contribution is 0.106. The standard InChI is InChI=1S/C15H17Cl2NO3/c16-11-3-4-15(14(17)8-11)21-10-12(19)9-18-6-5-13-2-1-7-20-13/h1-4,7-8,12,18-19H,5-6,9-10H2. The fourth-order valence-electron chi connectivity index (χ4n) is 1.77. The Hall–Kier alpha value is -1.20. The first-order chi connectivity index (χ1) is 10.1. The van der Waals surface area contributed by atoms with E-state index in [0.29, 0.717) is 22.3 Å². The van der Waals surface area contributed by atoms with Gasteiger partial charge in [0.05, 0.1) is 11.3 Å². The minimum absolute atomic E-state index is 0.162. The molecule has 0 aliphatic heterocycles. The monoisotopic (exact) mass is 329 g/mol. The van der Waals surface area contributed by atoms with Crippen molar-refractivity contribution in [3.63, 3.8) is 0 Å². The van der Waals surface area contributed by atoms with Gasteiger partial charge in [0, 0.05) is 24.5 Å². The highest BCUT2D eigenvalue weighted by molar-refractivity contribution is 6.35. The molecule has 1 unspecified atom stereocenters. The Morgan fingerprint density at radius 2 is 2.14 bits per heavy atom. The third kappa shape index (κ3) is 5.59. The van der Waals surface area contributed by atoms with Crippen molar-refractivity contribution < 1.29 is 14.3 Å². The van der Waals surface area contributed by atoms with E-state index in [4.69, 9.17) is 32.4 Å². The van der Waals surface area contributed by atoms with Crippen LogP contribution >= 0.6 is 23.2 Å². The van der Waals surface area contributed by atoms with Crippen LogP contribution in [0.3, 0.4) is 0 Å². The molecular formula is C15H17Cl2NO3. The van der Waals surface area contributed by atoms with Crippen LogP contribution in [0, 0.1) is 0 Å². The molecule has 0 amide bonds. The van der Waals surface area contributed by atoms with Crippen LogP contribution in [0.1, 0.15) is 5.76 Å². The third-order valence-corrected chi connectivity index (χ3v) is 3.36. The second-order valence-corrected chi connectivity index (χ2v) is 5.42. The van der Waals surface area contributed by atoms with Crippen molar-refractivity contribution in [3.8, 4) is 5.75 Å². The molecule has 2 aromatic rings. The van der Waals surface area contributed by atoms with Gasteiger partial charge >= 0.3 is 0 Å². The molecule has 6 heteroatoms. The predicted molar refractivity (Wildman–Crippen MR) is 83.2 cm³/mol. The third-order valence-electron chi connectivity index (χ3n) is 2.83. The zero-order valence-corrected chi connectivity index (χ0v) is 12.9. The summed E-state index contributed by atoms with van der Waals surface area (Å²) in [6, 6.07) is 8.75. The van der Waals surface area contributed by atoms with Crippen molar-refractivity contribution in [1.29, 1.82) is 0 Å². The Labute approximate surface area is 133 Å². The van der Waals surface area contributed by atoms with Crippen molar-refractivity contribution in [1.82, 2.24) is 5.32 Å². The highest BCUT2D eigenvalue weighted by Gasteiger charge is 2.08. The molecule has 114 valence electrons. The molecule has 1 heterocycles. The summed E-state index contributed by atoms with van der Waals surface area (Å²) in [6.45, 7) is 1.33. The number of nitrogens with one attached hydrogen (secondary N) is 1. The van der Waals surface area contributed by atoms with Crippen LogP contribution in [-0.4, -0.2) is 30.9 Å². The summed E-state index contributed by atoms with van der Waals surface area (Å²) in [5, 5.41) is 14.0. The van der Waals surface area contributed by atoms with Gasteiger partial charge in [-0.1, -0.05) is 23.2 Å². The van der Waals surface area contributed by atoms with Crippen LogP contribution in [0.2, 0.25) is 10.0 Å². The van der Waals surface area contributed by atoms with Gasteiger partial charge in [0.1, 0.15) is 24.2 Å². The van der Waals surface area contributed by atoms with Gasteiger partial charge in [-0.05, 0) is 30.3 Å². The van der Waals surface area contributed by atoms with Crippen molar-refractivity contribution in [2.75, 3.05) is 19.7 Å². The molecule has 4 nitrogen and oxygen atoms in total. The Kier molecular flexibility index (Phi) is 6.39. The maximum absolute atomic E-state index is 9.83. The number of ether oxygens (including phenoxy) is 1. The van der Waals surface area contributed by atoms with Crippen LogP contribution < -0.4 is 10.1 Å². The lowest BCUT2D eigenvalue weighted by Gasteiger charge is -2.14. The molecular weight excluding hydrogens is 313 g/mol. The van der Waals surface area contributed by atoms with E-state index < -0.39 is 6.10 Å². The minimum Gasteiger partial charge on any atom is -0.489 e. The highest BCUT2D eigenvalue weighted by Crippen LogP contribution is 2.27. The SMILES string of the molecule is OC(CNCCc1ccco1)COc1ccc(Cl)cc1Cl.